The minimum Gasteiger partial charge on any atom is -0.192 e. The fraction of sp³-hybridized carbons (Fsp3) is 0.300. The third-order valence-electron chi connectivity index (χ3n) is 1.74. The summed E-state index contributed by atoms with van der Waals surface area (Å²) in [5.74, 6) is 0. The second-order valence-corrected chi connectivity index (χ2v) is 3.03. The van der Waals surface area contributed by atoms with Gasteiger partial charge in [-0.05, 0) is 24.1 Å². The van der Waals surface area contributed by atoms with Crippen LogP contribution in [0.3, 0.4) is 0 Å². The van der Waals surface area contributed by atoms with Gasteiger partial charge < -0.3 is 0 Å². The molecule has 0 saturated heterocycles. The molecule has 12 heavy (non-hydrogen) atoms. The highest BCUT2D eigenvalue weighted by atomic mass is 35.5. The minimum atomic E-state index is 0.698. The molecule has 0 aliphatic rings. The largest absolute Gasteiger partial charge is 0.192 e. The maximum Gasteiger partial charge on any atom is 0.0995 e. The molecule has 1 nitrogen and oxygen atoms in total. The van der Waals surface area contributed by atoms with Gasteiger partial charge >= 0.3 is 0 Å². The quantitative estimate of drug-likeness (QED) is 0.684. The fourth-order valence-electron chi connectivity index (χ4n) is 1.17. The average molecular weight is 180 g/mol. The summed E-state index contributed by atoms with van der Waals surface area (Å²) in [6, 6.07) is 7.57. The zero-order valence-electron chi connectivity index (χ0n) is 6.97. The molecule has 0 saturated carbocycles. The molecule has 0 aliphatic carbocycles. The summed E-state index contributed by atoms with van der Waals surface area (Å²) in [5.41, 5.74) is 1.67. The van der Waals surface area contributed by atoms with Gasteiger partial charge in [-0.3, -0.25) is 0 Å². The first-order valence-corrected chi connectivity index (χ1v) is 4.35. The van der Waals surface area contributed by atoms with Crippen molar-refractivity contribution in [1.29, 1.82) is 5.26 Å². The summed E-state index contributed by atoms with van der Waals surface area (Å²) in [5, 5.41) is 9.47. The first kappa shape index (κ1) is 9.09. The van der Waals surface area contributed by atoms with Crippen molar-refractivity contribution < 1.29 is 0 Å². The normalized spacial score (nSPS) is 9.42. The Balaban J connectivity index is 3.13. The number of benzene rings is 1. The van der Waals surface area contributed by atoms with Crippen LogP contribution in [0.2, 0.25) is 5.02 Å². The van der Waals surface area contributed by atoms with Crippen LogP contribution in [0.4, 0.5) is 0 Å². The van der Waals surface area contributed by atoms with Crippen molar-refractivity contribution in [2.45, 2.75) is 19.8 Å². The van der Waals surface area contributed by atoms with Gasteiger partial charge in [0.25, 0.3) is 0 Å². The second kappa shape index (κ2) is 4.13. The number of nitrogens with zero attached hydrogens (tertiary/aromatic N) is 1. The summed E-state index contributed by atoms with van der Waals surface area (Å²) < 4.78 is 0. The Morgan fingerprint density at radius 3 is 2.83 bits per heavy atom. The number of rotatable bonds is 2. The SMILES string of the molecule is CCCc1c(Cl)cccc1C#N. The van der Waals surface area contributed by atoms with E-state index in [0.29, 0.717) is 10.6 Å². The summed E-state index contributed by atoms with van der Waals surface area (Å²) >= 11 is 5.94. The molecule has 0 heterocycles. The highest BCUT2D eigenvalue weighted by Gasteiger charge is 2.04. The Bertz CT molecular complexity index is 312. The predicted molar refractivity (Wildman–Crippen MR) is 50.2 cm³/mol. The molecule has 0 radical (unpaired) electrons. The molecule has 0 spiro atoms. The molecule has 0 amide bonds. The lowest BCUT2D eigenvalue weighted by atomic mass is 10.0. The lowest BCUT2D eigenvalue weighted by Gasteiger charge is -2.03. The zero-order chi connectivity index (χ0) is 8.97. The van der Waals surface area contributed by atoms with Gasteiger partial charge in [-0.15, -0.1) is 0 Å². The lowest BCUT2D eigenvalue weighted by molar-refractivity contribution is 0.918. The van der Waals surface area contributed by atoms with Crippen LogP contribution >= 0.6 is 11.6 Å². The van der Waals surface area contributed by atoms with Crippen LogP contribution in [0.5, 0.6) is 0 Å². The van der Waals surface area contributed by atoms with E-state index < -0.39 is 0 Å². The van der Waals surface area contributed by atoms with Gasteiger partial charge in [-0.1, -0.05) is 31.0 Å². The van der Waals surface area contributed by atoms with Crippen LogP contribution in [-0.2, 0) is 6.42 Å². The monoisotopic (exact) mass is 179 g/mol. The average Bonchev–Trinajstić information content (AvgIpc) is 2.09. The Labute approximate surface area is 77.6 Å². The Morgan fingerprint density at radius 2 is 2.25 bits per heavy atom. The van der Waals surface area contributed by atoms with Crippen molar-refractivity contribution >= 4 is 11.6 Å². The van der Waals surface area contributed by atoms with Crippen molar-refractivity contribution in [3.63, 3.8) is 0 Å². The third-order valence-corrected chi connectivity index (χ3v) is 2.09. The summed E-state index contributed by atoms with van der Waals surface area (Å²) in [7, 11) is 0. The van der Waals surface area contributed by atoms with E-state index in [1.54, 1.807) is 12.1 Å². The maximum atomic E-state index is 8.76. The molecule has 1 aromatic carbocycles. The highest BCUT2D eigenvalue weighted by Crippen LogP contribution is 2.20. The van der Waals surface area contributed by atoms with E-state index in [-0.39, 0.29) is 0 Å². The maximum absolute atomic E-state index is 8.76. The fourth-order valence-corrected chi connectivity index (χ4v) is 1.44. The molecule has 0 N–H and O–H groups in total. The summed E-state index contributed by atoms with van der Waals surface area (Å²) in [6.45, 7) is 2.07. The van der Waals surface area contributed by atoms with Gasteiger partial charge in [-0.2, -0.15) is 5.26 Å². The van der Waals surface area contributed by atoms with Crippen molar-refractivity contribution in [2.75, 3.05) is 0 Å². The van der Waals surface area contributed by atoms with E-state index in [2.05, 4.69) is 13.0 Å². The van der Waals surface area contributed by atoms with Crippen molar-refractivity contribution in [3.05, 3.63) is 34.3 Å². The lowest BCUT2D eigenvalue weighted by Crippen LogP contribution is -1.90. The van der Waals surface area contributed by atoms with Crippen LogP contribution in [0.25, 0.3) is 0 Å². The molecule has 1 aromatic rings. The van der Waals surface area contributed by atoms with Crippen LogP contribution in [-0.4, -0.2) is 0 Å². The molecule has 0 fully saturated rings. The van der Waals surface area contributed by atoms with Crippen molar-refractivity contribution in [3.8, 4) is 6.07 Å². The second-order valence-electron chi connectivity index (χ2n) is 2.63. The van der Waals surface area contributed by atoms with E-state index in [1.807, 2.05) is 6.07 Å². The smallest absolute Gasteiger partial charge is 0.0995 e. The molecule has 62 valence electrons. The predicted octanol–water partition coefficient (Wildman–Crippen LogP) is 3.16. The molecule has 0 aliphatic heterocycles. The third kappa shape index (κ3) is 1.78. The van der Waals surface area contributed by atoms with E-state index >= 15 is 0 Å². The molecule has 2 heteroatoms. The van der Waals surface area contributed by atoms with Gasteiger partial charge in [0, 0.05) is 5.02 Å². The Morgan fingerprint density at radius 1 is 1.50 bits per heavy atom. The van der Waals surface area contributed by atoms with E-state index in [0.717, 1.165) is 18.4 Å². The van der Waals surface area contributed by atoms with Crippen molar-refractivity contribution in [1.82, 2.24) is 0 Å². The standard InChI is InChI=1S/C10H10ClN/c1-2-4-9-8(7-12)5-3-6-10(9)11/h3,5-6H,2,4H2,1H3. The number of halogens is 1. The molecule has 0 bridgehead atoms. The molecule has 0 atom stereocenters. The van der Waals surface area contributed by atoms with Crippen LogP contribution < -0.4 is 0 Å². The van der Waals surface area contributed by atoms with E-state index in [1.165, 1.54) is 0 Å². The van der Waals surface area contributed by atoms with Crippen LogP contribution in [0, 0.1) is 11.3 Å². The van der Waals surface area contributed by atoms with Crippen molar-refractivity contribution in [2.24, 2.45) is 0 Å². The van der Waals surface area contributed by atoms with Gasteiger partial charge in [0.05, 0.1) is 11.6 Å². The summed E-state index contributed by atoms with van der Waals surface area (Å²) in [6.07, 6.45) is 1.89. The topological polar surface area (TPSA) is 23.8 Å². The van der Waals surface area contributed by atoms with Gasteiger partial charge in [-0.25, -0.2) is 0 Å². The van der Waals surface area contributed by atoms with Crippen LogP contribution in [0.15, 0.2) is 18.2 Å². The Hall–Kier alpha value is -1.00. The van der Waals surface area contributed by atoms with E-state index in [9.17, 15) is 0 Å². The van der Waals surface area contributed by atoms with Gasteiger partial charge in [0.15, 0.2) is 0 Å². The molecular formula is C10H10ClN. The highest BCUT2D eigenvalue weighted by molar-refractivity contribution is 6.31. The van der Waals surface area contributed by atoms with Crippen LogP contribution in [0.1, 0.15) is 24.5 Å². The number of hydrogen-bond donors (Lipinski definition) is 0. The molecule has 1 rings (SSSR count). The molecule has 0 aromatic heterocycles. The van der Waals surface area contributed by atoms with Gasteiger partial charge in [0.2, 0.25) is 0 Å². The molecular weight excluding hydrogens is 170 g/mol. The first-order valence-electron chi connectivity index (χ1n) is 3.97. The first-order chi connectivity index (χ1) is 5.79. The Kier molecular flexibility index (Phi) is 3.13. The van der Waals surface area contributed by atoms with E-state index in [4.69, 9.17) is 16.9 Å². The summed E-state index contributed by atoms with van der Waals surface area (Å²) in [4.78, 5) is 0. The van der Waals surface area contributed by atoms with Gasteiger partial charge in [0.1, 0.15) is 0 Å². The minimum absolute atomic E-state index is 0.698. The molecule has 0 unspecified atom stereocenters. The zero-order valence-corrected chi connectivity index (χ0v) is 7.73. The number of nitriles is 1. The number of hydrogen-bond acceptors (Lipinski definition) is 1.